The van der Waals surface area contributed by atoms with Gasteiger partial charge < -0.3 is 8.98 Å². The zero-order valence-corrected chi connectivity index (χ0v) is 13.5. The van der Waals surface area contributed by atoms with Crippen LogP contribution in [0.3, 0.4) is 0 Å². The highest BCUT2D eigenvalue weighted by Crippen LogP contribution is 2.29. The summed E-state index contributed by atoms with van der Waals surface area (Å²) in [5.41, 5.74) is 4.29. The molecule has 0 saturated heterocycles. The molecule has 4 aromatic rings. The SMILES string of the molecule is Cn1c(SCc2csc(-c3ccoc3)n2)nc2ccccc21. The number of aromatic nitrogens is 3. The van der Waals surface area contributed by atoms with Crippen molar-refractivity contribution in [3.05, 3.63) is 53.9 Å². The number of para-hydroxylation sites is 2. The van der Waals surface area contributed by atoms with E-state index >= 15 is 0 Å². The first kappa shape index (κ1) is 13.6. The van der Waals surface area contributed by atoms with Crippen LogP contribution in [0.25, 0.3) is 21.6 Å². The van der Waals surface area contributed by atoms with Gasteiger partial charge in [-0.2, -0.15) is 0 Å². The Morgan fingerprint density at radius 2 is 2.14 bits per heavy atom. The third kappa shape index (κ3) is 2.44. The Kier molecular flexibility index (Phi) is 3.48. The number of thioether (sulfide) groups is 1. The molecule has 3 aromatic heterocycles. The number of thiazole rings is 1. The number of furan rings is 1. The van der Waals surface area contributed by atoms with E-state index in [4.69, 9.17) is 4.42 Å². The van der Waals surface area contributed by atoms with Crippen LogP contribution in [-0.4, -0.2) is 14.5 Å². The minimum Gasteiger partial charge on any atom is -0.472 e. The van der Waals surface area contributed by atoms with Gasteiger partial charge in [-0.3, -0.25) is 0 Å². The number of nitrogens with zero attached hydrogens (tertiary/aromatic N) is 3. The fraction of sp³-hybridized carbons (Fsp3) is 0.125. The molecule has 0 aliphatic carbocycles. The van der Waals surface area contributed by atoms with Crippen molar-refractivity contribution < 1.29 is 4.42 Å². The van der Waals surface area contributed by atoms with E-state index < -0.39 is 0 Å². The first-order chi connectivity index (χ1) is 10.8. The van der Waals surface area contributed by atoms with E-state index in [-0.39, 0.29) is 0 Å². The number of fused-ring (bicyclic) bond motifs is 1. The molecule has 22 heavy (non-hydrogen) atoms. The van der Waals surface area contributed by atoms with Gasteiger partial charge in [0.15, 0.2) is 5.16 Å². The van der Waals surface area contributed by atoms with E-state index in [0.29, 0.717) is 0 Å². The van der Waals surface area contributed by atoms with Crippen molar-refractivity contribution in [3.63, 3.8) is 0 Å². The number of benzene rings is 1. The van der Waals surface area contributed by atoms with Crippen molar-refractivity contribution in [1.82, 2.24) is 14.5 Å². The highest BCUT2D eigenvalue weighted by Gasteiger charge is 2.10. The van der Waals surface area contributed by atoms with Crippen molar-refractivity contribution in [2.24, 2.45) is 7.05 Å². The van der Waals surface area contributed by atoms with Crippen LogP contribution in [-0.2, 0) is 12.8 Å². The molecule has 3 heterocycles. The van der Waals surface area contributed by atoms with Gasteiger partial charge >= 0.3 is 0 Å². The summed E-state index contributed by atoms with van der Waals surface area (Å²) >= 11 is 3.35. The van der Waals surface area contributed by atoms with Crippen molar-refractivity contribution in [2.45, 2.75) is 10.9 Å². The van der Waals surface area contributed by atoms with Crippen LogP contribution >= 0.6 is 23.1 Å². The molecule has 0 unspecified atom stereocenters. The first-order valence-corrected chi connectivity index (χ1v) is 8.69. The Morgan fingerprint density at radius 1 is 1.23 bits per heavy atom. The molecule has 0 N–H and O–H groups in total. The van der Waals surface area contributed by atoms with Crippen molar-refractivity contribution in [1.29, 1.82) is 0 Å². The minimum absolute atomic E-state index is 0.811. The van der Waals surface area contributed by atoms with Gasteiger partial charge in [0, 0.05) is 23.7 Å². The molecule has 0 spiro atoms. The Hall–Kier alpha value is -2.05. The van der Waals surface area contributed by atoms with E-state index in [2.05, 4.69) is 33.0 Å². The lowest BCUT2D eigenvalue weighted by molar-refractivity contribution is 0.568. The third-order valence-electron chi connectivity index (χ3n) is 3.42. The number of imidazole rings is 1. The average Bonchev–Trinajstić information content (AvgIpc) is 3.26. The summed E-state index contributed by atoms with van der Waals surface area (Å²) in [7, 11) is 2.05. The van der Waals surface area contributed by atoms with Gasteiger partial charge in [0.05, 0.1) is 23.0 Å². The number of aryl methyl sites for hydroxylation is 1. The molecule has 0 radical (unpaired) electrons. The van der Waals surface area contributed by atoms with Gasteiger partial charge in [0.2, 0.25) is 0 Å². The fourth-order valence-corrected chi connectivity index (χ4v) is 4.07. The van der Waals surface area contributed by atoms with E-state index in [1.165, 1.54) is 0 Å². The number of rotatable bonds is 4. The fourth-order valence-electron chi connectivity index (χ4n) is 2.28. The van der Waals surface area contributed by atoms with Crippen molar-refractivity contribution >= 4 is 34.1 Å². The lowest BCUT2D eigenvalue weighted by Gasteiger charge is -2.00. The zero-order chi connectivity index (χ0) is 14.9. The van der Waals surface area contributed by atoms with E-state index in [1.54, 1.807) is 35.6 Å². The van der Waals surface area contributed by atoms with Crippen LogP contribution < -0.4 is 0 Å². The average molecular weight is 327 g/mol. The lowest BCUT2D eigenvalue weighted by Crippen LogP contribution is -1.91. The molecule has 0 atom stereocenters. The van der Waals surface area contributed by atoms with Crippen molar-refractivity contribution in [3.8, 4) is 10.6 Å². The largest absolute Gasteiger partial charge is 0.472 e. The summed E-state index contributed by atoms with van der Waals surface area (Å²) in [5, 5.41) is 4.10. The standard InChI is InChI=1S/C16H13N3OS2/c1-19-14-5-3-2-4-13(14)18-16(19)22-10-12-9-21-15(17-12)11-6-7-20-8-11/h2-9H,10H2,1H3. The molecule has 0 aliphatic heterocycles. The zero-order valence-electron chi connectivity index (χ0n) is 11.9. The van der Waals surface area contributed by atoms with Gasteiger partial charge in [-0.25, -0.2) is 9.97 Å². The Labute approximate surface area is 135 Å². The molecule has 0 amide bonds. The maximum atomic E-state index is 5.10. The minimum atomic E-state index is 0.811. The van der Waals surface area contributed by atoms with Crippen LogP contribution in [0.2, 0.25) is 0 Å². The van der Waals surface area contributed by atoms with Crippen LogP contribution in [0, 0.1) is 0 Å². The van der Waals surface area contributed by atoms with Gasteiger partial charge in [0.1, 0.15) is 11.3 Å². The summed E-state index contributed by atoms with van der Waals surface area (Å²) in [6, 6.07) is 10.1. The van der Waals surface area contributed by atoms with Crippen molar-refractivity contribution in [2.75, 3.05) is 0 Å². The van der Waals surface area contributed by atoms with Crippen LogP contribution in [0.4, 0.5) is 0 Å². The maximum Gasteiger partial charge on any atom is 0.169 e. The maximum absolute atomic E-state index is 5.10. The molecule has 0 aliphatic rings. The summed E-state index contributed by atoms with van der Waals surface area (Å²) in [4.78, 5) is 9.32. The molecular formula is C16H13N3OS2. The third-order valence-corrected chi connectivity index (χ3v) is 5.42. The van der Waals surface area contributed by atoms with E-state index in [0.717, 1.165) is 38.2 Å². The summed E-state index contributed by atoms with van der Waals surface area (Å²) in [6.45, 7) is 0. The van der Waals surface area contributed by atoms with Crippen LogP contribution in [0.5, 0.6) is 0 Å². The normalized spacial score (nSPS) is 11.3. The van der Waals surface area contributed by atoms with Gasteiger partial charge in [-0.15, -0.1) is 11.3 Å². The van der Waals surface area contributed by atoms with Crippen LogP contribution in [0.1, 0.15) is 5.69 Å². The molecule has 6 heteroatoms. The highest BCUT2D eigenvalue weighted by molar-refractivity contribution is 7.98. The second-order valence-electron chi connectivity index (χ2n) is 4.89. The lowest BCUT2D eigenvalue weighted by atomic mass is 10.3. The second-order valence-corrected chi connectivity index (χ2v) is 6.69. The molecule has 4 rings (SSSR count). The molecule has 110 valence electrons. The Bertz CT molecular complexity index is 909. The van der Waals surface area contributed by atoms with Gasteiger partial charge in [0.25, 0.3) is 0 Å². The predicted octanol–water partition coefficient (Wildman–Crippen LogP) is 4.58. The molecule has 0 bridgehead atoms. The number of hydrogen-bond donors (Lipinski definition) is 0. The predicted molar refractivity (Wildman–Crippen MR) is 90.1 cm³/mol. The van der Waals surface area contributed by atoms with E-state index in [9.17, 15) is 0 Å². The van der Waals surface area contributed by atoms with E-state index in [1.807, 2.05) is 24.3 Å². The summed E-state index contributed by atoms with van der Waals surface area (Å²) in [5.74, 6) is 0.811. The Morgan fingerprint density at radius 3 is 2.95 bits per heavy atom. The highest BCUT2D eigenvalue weighted by atomic mass is 32.2. The first-order valence-electron chi connectivity index (χ1n) is 6.82. The van der Waals surface area contributed by atoms with Gasteiger partial charge in [-0.05, 0) is 18.2 Å². The Balaban J connectivity index is 1.53. The molecule has 4 nitrogen and oxygen atoms in total. The molecule has 0 saturated carbocycles. The molecule has 0 fully saturated rings. The smallest absolute Gasteiger partial charge is 0.169 e. The molecule has 1 aromatic carbocycles. The number of hydrogen-bond acceptors (Lipinski definition) is 5. The summed E-state index contributed by atoms with van der Waals surface area (Å²) < 4.78 is 7.23. The second kappa shape index (κ2) is 5.62. The summed E-state index contributed by atoms with van der Waals surface area (Å²) in [6.07, 6.45) is 3.39. The quantitative estimate of drug-likeness (QED) is 0.515. The van der Waals surface area contributed by atoms with Crippen LogP contribution in [0.15, 0.2) is 57.8 Å². The monoisotopic (exact) mass is 327 g/mol. The van der Waals surface area contributed by atoms with Gasteiger partial charge in [-0.1, -0.05) is 23.9 Å². The topological polar surface area (TPSA) is 43.9 Å². The molecular weight excluding hydrogens is 314 g/mol.